The van der Waals surface area contributed by atoms with Gasteiger partial charge in [-0.3, -0.25) is 18.5 Å². The summed E-state index contributed by atoms with van der Waals surface area (Å²) in [6.45, 7) is 4.42. The molecular formula is C28H30F2N4O4S. The zero-order valence-corrected chi connectivity index (χ0v) is 22.2. The number of amides is 1. The van der Waals surface area contributed by atoms with Crippen LogP contribution in [0.15, 0.2) is 54.0 Å². The molecule has 206 valence electrons. The molecule has 1 aromatic carbocycles. The van der Waals surface area contributed by atoms with Gasteiger partial charge in [-0.1, -0.05) is 12.5 Å². The van der Waals surface area contributed by atoms with Crippen LogP contribution in [-0.2, 0) is 10.0 Å². The Bertz CT molecular complexity index is 1610. The van der Waals surface area contributed by atoms with E-state index in [9.17, 15) is 26.8 Å². The van der Waals surface area contributed by atoms with E-state index in [-0.39, 0.29) is 40.4 Å². The molecule has 3 heterocycles. The minimum atomic E-state index is -3.57. The first-order chi connectivity index (χ1) is 18.7. The maximum atomic E-state index is 14.9. The zero-order valence-electron chi connectivity index (χ0n) is 21.4. The summed E-state index contributed by atoms with van der Waals surface area (Å²) >= 11 is 0. The fraction of sp³-hybridized carbons (Fsp3) is 0.393. The van der Waals surface area contributed by atoms with Gasteiger partial charge in [0.05, 0.1) is 16.8 Å². The van der Waals surface area contributed by atoms with Crippen molar-refractivity contribution in [2.75, 3.05) is 23.1 Å². The fourth-order valence-corrected chi connectivity index (χ4v) is 7.13. The van der Waals surface area contributed by atoms with Crippen molar-refractivity contribution in [3.05, 3.63) is 76.6 Å². The second kappa shape index (κ2) is 10.9. The summed E-state index contributed by atoms with van der Waals surface area (Å²) in [6.07, 6.45) is 8.61. The highest BCUT2D eigenvalue weighted by molar-refractivity contribution is 7.93. The molecule has 1 aliphatic heterocycles. The molecule has 1 saturated heterocycles. The van der Waals surface area contributed by atoms with Gasteiger partial charge in [-0.05, 0) is 68.2 Å². The summed E-state index contributed by atoms with van der Waals surface area (Å²) < 4.78 is 55.8. The number of carbonyl (C=O) groups is 1. The number of allylic oxidation sites excluding steroid dienone is 1. The molecule has 1 N–H and O–H groups in total. The van der Waals surface area contributed by atoms with E-state index in [1.54, 1.807) is 0 Å². The number of aromatic nitrogens is 2. The molecule has 0 radical (unpaired) electrons. The number of carbonyl (C=O) groups excluding carboxylic acids is 1. The van der Waals surface area contributed by atoms with E-state index in [0.29, 0.717) is 30.9 Å². The number of fused-ring (bicyclic) bond motifs is 1. The number of nitrogens with zero attached hydrogens (tertiary/aromatic N) is 3. The molecule has 8 nitrogen and oxygen atoms in total. The molecule has 1 amide bonds. The molecule has 11 heteroatoms. The van der Waals surface area contributed by atoms with Crippen LogP contribution >= 0.6 is 0 Å². The van der Waals surface area contributed by atoms with Gasteiger partial charge in [0.1, 0.15) is 23.0 Å². The maximum Gasteiger partial charge on any atom is 0.256 e. The Kier molecular flexibility index (Phi) is 7.53. The van der Waals surface area contributed by atoms with Crippen LogP contribution in [0.25, 0.3) is 16.7 Å². The number of anilines is 1. The highest BCUT2D eigenvalue weighted by Gasteiger charge is 2.30. The van der Waals surface area contributed by atoms with Crippen molar-refractivity contribution < 1.29 is 22.0 Å². The Morgan fingerprint density at radius 2 is 1.97 bits per heavy atom. The van der Waals surface area contributed by atoms with Crippen LogP contribution in [0, 0.1) is 23.5 Å². The summed E-state index contributed by atoms with van der Waals surface area (Å²) in [5.74, 6) is -1.16. The first-order valence-corrected chi connectivity index (χ1v) is 14.7. The predicted octanol–water partition coefficient (Wildman–Crippen LogP) is 4.32. The first kappa shape index (κ1) is 27.0. The molecule has 3 aromatic rings. The monoisotopic (exact) mass is 556 g/mol. The number of halogens is 2. The molecular weight excluding hydrogens is 526 g/mol. The van der Waals surface area contributed by atoms with Crippen molar-refractivity contribution in [2.45, 2.75) is 38.5 Å². The molecule has 2 aliphatic rings. The van der Waals surface area contributed by atoms with Gasteiger partial charge in [-0.25, -0.2) is 22.2 Å². The summed E-state index contributed by atoms with van der Waals surface area (Å²) in [5, 5.41) is 2.82. The predicted molar refractivity (Wildman–Crippen MR) is 146 cm³/mol. The lowest BCUT2D eigenvalue weighted by atomic mass is 9.99. The number of sulfonamides is 1. The lowest BCUT2D eigenvalue weighted by Gasteiger charge is -2.18. The number of rotatable bonds is 8. The van der Waals surface area contributed by atoms with E-state index in [1.165, 1.54) is 29.0 Å². The summed E-state index contributed by atoms with van der Waals surface area (Å²) in [5.41, 5.74) is -1.01. The van der Waals surface area contributed by atoms with Crippen LogP contribution in [0.1, 0.15) is 48.9 Å². The molecule has 2 unspecified atom stereocenters. The Labute approximate surface area is 225 Å². The van der Waals surface area contributed by atoms with Crippen molar-refractivity contribution in [1.29, 1.82) is 0 Å². The molecule has 2 atom stereocenters. The second-order valence-electron chi connectivity index (χ2n) is 10.2. The average Bonchev–Trinajstić information content (AvgIpc) is 3.49. The van der Waals surface area contributed by atoms with Crippen molar-refractivity contribution in [2.24, 2.45) is 11.8 Å². The molecule has 0 spiro atoms. The van der Waals surface area contributed by atoms with Gasteiger partial charge in [0.15, 0.2) is 5.65 Å². The molecule has 39 heavy (non-hydrogen) atoms. The fourth-order valence-electron chi connectivity index (χ4n) is 5.63. The minimum Gasteiger partial charge on any atom is -0.352 e. The number of hydrogen-bond donors (Lipinski definition) is 1. The van der Waals surface area contributed by atoms with E-state index in [2.05, 4.69) is 16.9 Å². The Hall–Kier alpha value is -3.60. The van der Waals surface area contributed by atoms with Crippen LogP contribution in [-0.4, -0.2) is 42.7 Å². The van der Waals surface area contributed by atoms with Crippen LogP contribution in [0.3, 0.4) is 0 Å². The maximum absolute atomic E-state index is 14.9. The van der Waals surface area contributed by atoms with Crippen molar-refractivity contribution in [1.82, 2.24) is 14.9 Å². The zero-order chi connectivity index (χ0) is 27.7. The third-order valence-electron chi connectivity index (χ3n) is 7.59. The van der Waals surface area contributed by atoms with Crippen LogP contribution < -0.4 is 15.1 Å². The van der Waals surface area contributed by atoms with Gasteiger partial charge < -0.3 is 5.32 Å². The van der Waals surface area contributed by atoms with Gasteiger partial charge in [-0.2, -0.15) is 0 Å². The molecule has 2 fully saturated rings. The van der Waals surface area contributed by atoms with Gasteiger partial charge in [0.2, 0.25) is 15.5 Å². The van der Waals surface area contributed by atoms with Crippen LogP contribution in [0.5, 0.6) is 0 Å². The van der Waals surface area contributed by atoms with Gasteiger partial charge in [0, 0.05) is 25.4 Å². The van der Waals surface area contributed by atoms with E-state index >= 15 is 0 Å². The summed E-state index contributed by atoms with van der Waals surface area (Å²) in [4.78, 5) is 30.9. The molecule has 2 aromatic heterocycles. The second-order valence-corrected chi connectivity index (χ2v) is 12.2. The summed E-state index contributed by atoms with van der Waals surface area (Å²) in [7, 11) is -3.57. The van der Waals surface area contributed by atoms with E-state index in [0.717, 1.165) is 42.5 Å². The Balaban J connectivity index is 1.50. The summed E-state index contributed by atoms with van der Waals surface area (Å²) in [6, 6.07) is 5.71. The largest absolute Gasteiger partial charge is 0.352 e. The quantitative estimate of drug-likeness (QED) is 0.417. The van der Waals surface area contributed by atoms with Gasteiger partial charge in [0.25, 0.3) is 5.91 Å². The lowest BCUT2D eigenvalue weighted by Crippen LogP contribution is -2.31. The smallest absolute Gasteiger partial charge is 0.256 e. The highest BCUT2D eigenvalue weighted by Crippen LogP contribution is 2.35. The Morgan fingerprint density at radius 1 is 1.18 bits per heavy atom. The van der Waals surface area contributed by atoms with Crippen molar-refractivity contribution in [3.8, 4) is 5.69 Å². The average molecular weight is 557 g/mol. The lowest BCUT2D eigenvalue weighted by molar-refractivity contribution is 0.0950. The van der Waals surface area contributed by atoms with Crippen molar-refractivity contribution >= 4 is 32.8 Å². The normalized spacial score (nSPS) is 20.4. The highest BCUT2D eigenvalue weighted by atomic mass is 32.2. The van der Waals surface area contributed by atoms with E-state index in [1.807, 2.05) is 6.08 Å². The molecule has 5 rings (SSSR count). The number of benzene rings is 1. The van der Waals surface area contributed by atoms with E-state index in [4.69, 9.17) is 0 Å². The van der Waals surface area contributed by atoms with Crippen molar-refractivity contribution in [3.63, 3.8) is 0 Å². The molecule has 0 bridgehead atoms. The third kappa shape index (κ3) is 5.45. The first-order valence-electron chi connectivity index (χ1n) is 13.1. The Morgan fingerprint density at radius 3 is 2.69 bits per heavy atom. The number of nitrogens with one attached hydrogen (secondary N) is 1. The SMILES string of the molecule is C=CCC1CCC(CCNC(=O)c2cn(-c3ccc(F)cc3F)c3nc(N4CCCS4(=O)=O)ccc3c2=O)C1. The van der Waals surface area contributed by atoms with E-state index < -0.39 is 33.0 Å². The molecule has 1 saturated carbocycles. The van der Waals surface area contributed by atoms with Crippen LogP contribution in [0.4, 0.5) is 14.6 Å². The van der Waals surface area contributed by atoms with Gasteiger partial charge in [-0.15, -0.1) is 6.58 Å². The molecule has 1 aliphatic carbocycles. The number of pyridine rings is 2. The standard InChI is InChI=1S/C28H30F2N4O4S/c1-2-4-18-5-6-19(15-18)11-12-31-28(36)22-17-33(24-9-7-20(29)16-23(24)30)27-21(26(22)35)8-10-25(32-27)34-13-3-14-39(34,37)38/h2,7-10,16-19H,1,3-6,11-15H2,(H,31,36). The van der Waals surface area contributed by atoms with Gasteiger partial charge >= 0.3 is 0 Å². The minimum absolute atomic E-state index is 0.00906. The third-order valence-corrected chi connectivity index (χ3v) is 9.44. The number of hydrogen-bond acceptors (Lipinski definition) is 5. The topological polar surface area (TPSA) is 101 Å². The van der Waals surface area contributed by atoms with Crippen LogP contribution in [0.2, 0.25) is 0 Å².